The maximum Gasteiger partial charge on any atom is 0.269 e. The normalized spacial score (nSPS) is 16.8. The fourth-order valence-corrected chi connectivity index (χ4v) is 3.82. The third-order valence-electron chi connectivity index (χ3n) is 6.06. The van der Waals surface area contributed by atoms with Crippen molar-refractivity contribution < 1.29 is 10.0 Å². The summed E-state index contributed by atoms with van der Waals surface area (Å²) in [5, 5.41) is 22.2. The van der Waals surface area contributed by atoms with Gasteiger partial charge in [0.2, 0.25) is 0 Å². The third kappa shape index (κ3) is 5.43. The number of piperazine rings is 1. The number of anilines is 1. The molecule has 0 saturated carbocycles. The van der Waals surface area contributed by atoms with Gasteiger partial charge < -0.3 is 10.0 Å². The first-order valence-corrected chi connectivity index (χ1v) is 10.7. The van der Waals surface area contributed by atoms with Gasteiger partial charge in [0.1, 0.15) is 5.60 Å². The standard InChI is InChI=1S/C25H31N3O3/c1-24(2,3)25(29,21-9-5-4-6-10-21)15-7-8-16-26-17-19-27(20-18-26)22-11-13-23(14-12-22)28(30)31/h4-6,9-14,29H,15-20H2,1-3H3. The van der Waals surface area contributed by atoms with Crippen molar-refractivity contribution in [3.8, 4) is 11.8 Å². The SMILES string of the molecule is CC(C)(C)C(O)(CC#CCN1CCN(c2ccc([N+](=O)[O-])cc2)CC1)c1ccccc1. The predicted molar refractivity (Wildman–Crippen MR) is 124 cm³/mol. The maximum atomic E-state index is 11.4. The first-order valence-electron chi connectivity index (χ1n) is 10.7. The Bertz CT molecular complexity index is 934. The van der Waals surface area contributed by atoms with E-state index in [-0.39, 0.29) is 16.0 Å². The van der Waals surface area contributed by atoms with Crippen molar-refractivity contribution in [2.24, 2.45) is 5.41 Å². The van der Waals surface area contributed by atoms with E-state index < -0.39 is 5.60 Å². The Kier molecular flexibility index (Phi) is 6.99. The van der Waals surface area contributed by atoms with Gasteiger partial charge in [0.15, 0.2) is 0 Å². The zero-order valence-corrected chi connectivity index (χ0v) is 18.5. The zero-order valence-electron chi connectivity index (χ0n) is 18.5. The molecule has 31 heavy (non-hydrogen) atoms. The molecule has 1 saturated heterocycles. The van der Waals surface area contributed by atoms with Gasteiger partial charge in [0, 0.05) is 50.4 Å². The van der Waals surface area contributed by atoms with Gasteiger partial charge in [-0.1, -0.05) is 62.9 Å². The predicted octanol–water partition coefficient (Wildman–Crippen LogP) is 4.04. The minimum absolute atomic E-state index is 0.114. The van der Waals surface area contributed by atoms with Gasteiger partial charge in [-0.05, 0) is 23.1 Å². The van der Waals surface area contributed by atoms with Crippen molar-refractivity contribution in [3.05, 3.63) is 70.3 Å². The number of nitrogens with zero attached hydrogens (tertiary/aromatic N) is 3. The summed E-state index contributed by atoms with van der Waals surface area (Å²) in [7, 11) is 0. The molecule has 1 fully saturated rings. The van der Waals surface area contributed by atoms with Crippen LogP contribution in [-0.4, -0.2) is 47.7 Å². The smallest absolute Gasteiger partial charge is 0.269 e. The summed E-state index contributed by atoms with van der Waals surface area (Å²) in [5.41, 5.74) is 0.682. The molecule has 1 aliphatic heterocycles. The highest BCUT2D eigenvalue weighted by molar-refractivity contribution is 5.51. The number of hydrogen-bond donors (Lipinski definition) is 1. The maximum absolute atomic E-state index is 11.4. The molecular formula is C25H31N3O3. The minimum Gasteiger partial charge on any atom is -0.384 e. The van der Waals surface area contributed by atoms with Crippen molar-refractivity contribution in [1.29, 1.82) is 0 Å². The molecule has 6 heteroatoms. The Morgan fingerprint density at radius 1 is 0.968 bits per heavy atom. The average Bonchev–Trinajstić information content (AvgIpc) is 2.77. The molecule has 2 aromatic carbocycles. The van der Waals surface area contributed by atoms with Gasteiger partial charge in [0.05, 0.1) is 11.5 Å². The van der Waals surface area contributed by atoms with E-state index in [1.807, 2.05) is 63.2 Å². The molecule has 2 aromatic rings. The summed E-state index contributed by atoms with van der Waals surface area (Å²) in [4.78, 5) is 15.0. The van der Waals surface area contributed by atoms with E-state index >= 15 is 0 Å². The molecule has 164 valence electrons. The van der Waals surface area contributed by atoms with Gasteiger partial charge in [-0.15, -0.1) is 0 Å². The molecule has 1 unspecified atom stereocenters. The minimum atomic E-state index is -1.00. The van der Waals surface area contributed by atoms with Crippen LogP contribution < -0.4 is 4.90 Å². The number of rotatable bonds is 5. The molecule has 6 nitrogen and oxygen atoms in total. The van der Waals surface area contributed by atoms with Gasteiger partial charge in [-0.2, -0.15) is 0 Å². The van der Waals surface area contributed by atoms with Crippen LogP contribution in [0.2, 0.25) is 0 Å². The largest absolute Gasteiger partial charge is 0.384 e. The summed E-state index contributed by atoms with van der Waals surface area (Å²) in [6.07, 6.45) is 0.392. The Labute approximate surface area is 184 Å². The molecule has 0 aromatic heterocycles. The zero-order chi connectivity index (χ0) is 22.5. The van der Waals surface area contributed by atoms with E-state index in [0.29, 0.717) is 13.0 Å². The Hall–Kier alpha value is -2.88. The van der Waals surface area contributed by atoms with E-state index in [0.717, 1.165) is 37.4 Å². The van der Waals surface area contributed by atoms with E-state index in [1.165, 1.54) is 0 Å². The van der Waals surface area contributed by atoms with Crippen LogP contribution in [0.15, 0.2) is 54.6 Å². The number of nitro groups is 1. The number of benzene rings is 2. The van der Waals surface area contributed by atoms with Crippen molar-refractivity contribution in [3.63, 3.8) is 0 Å². The third-order valence-corrected chi connectivity index (χ3v) is 6.06. The fraction of sp³-hybridized carbons (Fsp3) is 0.440. The molecule has 1 aliphatic rings. The van der Waals surface area contributed by atoms with Crippen LogP contribution in [0.1, 0.15) is 32.8 Å². The van der Waals surface area contributed by atoms with E-state index in [2.05, 4.69) is 21.6 Å². The van der Waals surface area contributed by atoms with Crippen molar-refractivity contribution >= 4 is 11.4 Å². The van der Waals surface area contributed by atoms with Crippen LogP contribution in [0.5, 0.6) is 0 Å². The van der Waals surface area contributed by atoms with Crippen molar-refractivity contribution in [1.82, 2.24) is 4.90 Å². The summed E-state index contributed by atoms with van der Waals surface area (Å²) in [6, 6.07) is 16.5. The second-order valence-corrected chi connectivity index (χ2v) is 9.04. The summed E-state index contributed by atoms with van der Waals surface area (Å²) < 4.78 is 0. The lowest BCUT2D eigenvalue weighted by Crippen LogP contribution is -2.46. The van der Waals surface area contributed by atoms with E-state index in [1.54, 1.807) is 12.1 Å². The van der Waals surface area contributed by atoms with Gasteiger partial charge >= 0.3 is 0 Å². The second kappa shape index (κ2) is 9.51. The quantitative estimate of drug-likeness (QED) is 0.448. The molecule has 0 bridgehead atoms. The van der Waals surface area contributed by atoms with Crippen LogP contribution in [0.25, 0.3) is 0 Å². The first kappa shape index (κ1) is 22.8. The van der Waals surface area contributed by atoms with E-state index in [4.69, 9.17) is 0 Å². The molecule has 3 rings (SSSR count). The van der Waals surface area contributed by atoms with Crippen LogP contribution in [0.3, 0.4) is 0 Å². The number of aliphatic hydroxyl groups is 1. The monoisotopic (exact) mass is 421 g/mol. The molecule has 0 radical (unpaired) electrons. The lowest BCUT2D eigenvalue weighted by Gasteiger charge is -2.39. The second-order valence-electron chi connectivity index (χ2n) is 9.04. The van der Waals surface area contributed by atoms with Crippen LogP contribution >= 0.6 is 0 Å². The van der Waals surface area contributed by atoms with Gasteiger partial charge in [0.25, 0.3) is 5.69 Å². The molecule has 0 amide bonds. The highest BCUT2D eigenvalue weighted by Gasteiger charge is 2.40. The van der Waals surface area contributed by atoms with Gasteiger partial charge in [-0.25, -0.2) is 0 Å². The highest BCUT2D eigenvalue weighted by Crippen LogP contribution is 2.41. The van der Waals surface area contributed by atoms with Crippen molar-refractivity contribution in [2.75, 3.05) is 37.6 Å². The highest BCUT2D eigenvalue weighted by atomic mass is 16.6. The molecule has 1 N–H and O–H groups in total. The topological polar surface area (TPSA) is 69.8 Å². The van der Waals surface area contributed by atoms with Crippen LogP contribution in [-0.2, 0) is 5.60 Å². The number of nitro benzene ring substituents is 1. The molecular weight excluding hydrogens is 390 g/mol. The molecule has 1 heterocycles. The van der Waals surface area contributed by atoms with Crippen molar-refractivity contribution in [2.45, 2.75) is 32.8 Å². The Morgan fingerprint density at radius 3 is 2.13 bits per heavy atom. The lowest BCUT2D eigenvalue weighted by molar-refractivity contribution is -0.384. The summed E-state index contributed by atoms with van der Waals surface area (Å²) in [5.74, 6) is 6.47. The van der Waals surface area contributed by atoms with Gasteiger partial charge in [-0.3, -0.25) is 15.0 Å². The summed E-state index contributed by atoms with van der Waals surface area (Å²) >= 11 is 0. The number of hydrogen-bond acceptors (Lipinski definition) is 5. The van der Waals surface area contributed by atoms with E-state index in [9.17, 15) is 15.2 Å². The first-order chi connectivity index (χ1) is 14.7. The Morgan fingerprint density at radius 2 is 1.58 bits per heavy atom. The molecule has 0 spiro atoms. The molecule has 0 aliphatic carbocycles. The van der Waals surface area contributed by atoms with Crippen LogP contribution in [0, 0.1) is 27.4 Å². The average molecular weight is 422 g/mol. The Balaban J connectivity index is 1.54. The summed E-state index contributed by atoms with van der Waals surface area (Å²) in [6.45, 7) is 10.3. The lowest BCUT2D eigenvalue weighted by atomic mass is 9.70. The van der Waals surface area contributed by atoms with Crippen LogP contribution in [0.4, 0.5) is 11.4 Å². The fourth-order valence-electron chi connectivity index (χ4n) is 3.82. The molecule has 1 atom stereocenters. The number of non-ortho nitro benzene ring substituents is 1.